The van der Waals surface area contributed by atoms with Gasteiger partial charge in [0.25, 0.3) is 0 Å². The minimum atomic E-state index is -0.456. The van der Waals surface area contributed by atoms with Crippen LogP contribution >= 0.6 is 0 Å². The van der Waals surface area contributed by atoms with Crippen LogP contribution in [-0.2, 0) is 0 Å². The second kappa shape index (κ2) is 5.66. The summed E-state index contributed by atoms with van der Waals surface area (Å²) in [7, 11) is 0. The smallest absolute Gasteiger partial charge is 0.198 e. The van der Waals surface area contributed by atoms with Crippen LogP contribution in [0.2, 0.25) is 0 Å². The monoisotopic (exact) mass is 318 g/mol. The number of fused-ring (bicyclic) bond motifs is 1. The fraction of sp³-hybridized carbons (Fsp3) is 0. The van der Waals surface area contributed by atoms with Gasteiger partial charge in [-0.2, -0.15) is 5.10 Å². The Balaban J connectivity index is 1.86. The Hall–Kier alpha value is -3.41. The number of rotatable bonds is 3. The normalized spacial score (nSPS) is 10.9. The van der Waals surface area contributed by atoms with Gasteiger partial charge < -0.3 is 0 Å². The number of aromatic nitrogens is 4. The first-order valence-corrected chi connectivity index (χ1v) is 7.27. The molecule has 0 saturated carbocycles. The van der Waals surface area contributed by atoms with Gasteiger partial charge >= 0.3 is 0 Å². The molecular weight excluding hydrogens is 307 g/mol. The van der Waals surface area contributed by atoms with Crippen molar-refractivity contribution in [2.24, 2.45) is 0 Å². The van der Waals surface area contributed by atoms with E-state index in [1.54, 1.807) is 29.2 Å². The Morgan fingerprint density at radius 3 is 2.67 bits per heavy atom. The van der Waals surface area contributed by atoms with Gasteiger partial charge in [0.2, 0.25) is 0 Å². The summed E-state index contributed by atoms with van der Waals surface area (Å²) in [5.41, 5.74) is 2.72. The highest BCUT2D eigenvalue weighted by Crippen LogP contribution is 2.21. The Morgan fingerprint density at radius 1 is 1.04 bits per heavy atom. The van der Waals surface area contributed by atoms with E-state index in [9.17, 15) is 9.18 Å². The van der Waals surface area contributed by atoms with Crippen LogP contribution in [0.3, 0.4) is 0 Å². The second-order valence-electron chi connectivity index (χ2n) is 5.20. The molecule has 24 heavy (non-hydrogen) atoms. The van der Waals surface area contributed by atoms with Crippen LogP contribution in [0, 0.1) is 5.82 Å². The van der Waals surface area contributed by atoms with E-state index in [0.29, 0.717) is 11.2 Å². The predicted octanol–water partition coefficient (Wildman–Crippen LogP) is 3.16. The van der Waals surface area contributed by atoms with Gasteiger partial charge in [0.1, 0.15) is 5.82 Å². The molecule has 0 saturated heterocycles. The maximum absolute atomic E-state index is 13.4. The van der Waals surface area contributed by atoms with Crippen LogP contribution in [-0.4, -0.2) is 25.4 Å². The molecule has 0 unspecified atom stereocenters. The molecule has 4 rings (SSSR count). The molecule has 1 aromatic carbocycles. The van der Waals surface area contributed by atoms with Crippen molar-refractivity contribution < 1.29 is 9.18 Å². The molecule has 0 atom stereocenters. The fourth-order valence-electron chi connectivity index (χ4n) is 2.58. The van der Waals surface area contributed by atoms with Gasteiger partial charge in [-0.1, -0.05) is 12.1 Å². The van der Waals surface area contributed by atoms with Crippen molar-refractivity contribution in [3.8, 4) is 11.3 Å². The average Bonchev–Trinajstić information content (AvgIpc) is 3.06. The van der Waals surface area contributed by atoms with Gasteiger partial charge in [-0.05, 0) is 30.3 Å². The summed E-state index contributed by atoms with van der Waals surface area (Å²) in [6.45, 7) is 0. The van der Waals surface area contributed by atoms with E-state index in [1.807, 2.05) is 18.2 Å². The summed E-state index contributed by atoms with van der Waals surface area (Å²) in [6.07, 6.45) is 6.45. The molecule has 0 aliphatic heterocycles. The Kier molecular flexibility index (Phi) is 3.35. The van der Waals surface area contributed by atoms with Crippen molar-refractivity contribution in [1.82, 2.24) is 19.6 Å². The van der Waals surface area contributed by atoms with Crippen LogP contribution in [0.4, 0.5) is 4.39 Å². The number of ketones is 1. The van der Waals surface area contributed by atoms with Crippen molar-refractivity contribution in [2.75, 3.05) is 0 Å². The highest BCUT2D eigenvalue weighted by Gasteiger charge is 2.18. The van der Waals surface area contributed by atoms with E-state index < -0.39 is 5.82 Å². The van der Waals surface area contributed by atoms with Crippen molar-refractivity contribution in [2.45, 2.75) is 0 Å². The third kappa shape index (κ3) is 2.34. The second-order valence-corrected chi connectivity index (χ2v) is 5.20. The standard InChI is InChI=1S/C18H11FN4O/c19-14-3-1-2-13(10-14)17(24)15-11-22-23-16(6-9-21-18(15)23)12-4-7-20-8-5-12/h1-11H. The van der Waals surface area contributed by atoms with E-state index in [2.05, 4.69) is 15.1 Å². The van der Waals surface area contributed by atoms with Gasteiger partial charge in [0.05, 0.1) is 17.5 Å². The zero-order valence-corrected chi connectivity index (χ0v) is 12.4. The molecule has 0 aliphatic rings. The Labute approximate surface area is 136 Å². The third-order valence-corrected chi connectivity index (χ3v) is 3.71. The SMILES string of the molecule is O=C(c1cccc(F)c1)c1cnn2c(-c3ccncc3)ccnc12. The number of pyridine rings is 1. The van der Waals surface area contributed by atoms with E-state index in [-0.39, 0.29) is 11.3 Å². The topological polar surface area (TPSA) is 60.2 Å². The number of nitrogens with zero attached hydrogens (tertiary/aromatic N) is 4. The van der Waals surface area contributed by atoms with Crippen LogP contribution in [0.25, 0.3) is 16.9 Å². The minimum Gasteiger partial charge on any atom is -0.288 e. The maximum Gasteiger partial charge on any atom is 0.198 e. The van der Waals surface area contributed by atoms with Gasteiger partial charge in [-0.3, -0.25) is 9.78 Å². The lowest BCUT2D eigenvalue weighted by atomic mass is 10.1. The Bertz CT molecular complexity index is 1040. The molecule has 0 radical (unpaired) electrons. The molecule has 5 nitrogen and oxygen atoms in total. The van der Waals surface area contributed by atoms with E-state index in [0.717, 1.165) is 11.3 Å². The zero-order chi connectivity index (χ0) is 16.5. The molecule has 3 aromatic heterocycles. The number of benzene rings is 1. The highest BCUT2D eigenvalue weighted by molar-refractivity contribution is 6.12. The number of carbonyl (C=O) groups excluding carboxylic acids is 1. The van der Waals surface area contributed by atoms with Crippen LogP contribution in [0.5, 0.6) is 0 Å². The van der Waals surface area contributed by atoms with Crippen molar-refractivity contribution >= 4 is 11.4 Å². The zero-order valence-electron chi connectivity index (χ0n) is 12.4. The largest absolute Gasteiger partial charge is 0.288 e. The number of hydrogen-bond acceptors (Lipinski definition) is 4. The molecule has 0 aliphatic carbocycles. The summed E-state index contributed by atoms with van der Waals surface area (Å²) in [4.78, 5) is 20.9. The van der Waals surface area contributed by atoms with E-state index in [4.69, 9.17) is 0 Å². The van der Waals surface area contributed by atoms with Crippen LogP contribution in [0.15, 0.2) is 67.3 Å². The molecular formula is C18H11FN4O. The first-order chi connectivity index (χ1) is 11.7. The molecule has 0 N–H and O–H groups in total. The first kappa shape index (κ1) is 14.2. The van der Waals surface area contributed by atoms with Crippen molar-refractivity contribution in [3.05, 3.63) is 84.2 Å². The molecule has 0 bridgehead atoms. The number of carbonyl (C=O) groups is 1. The van der Waals surface area contributed by atoms with Gasteiger partial charge in [0.15, 0.2) is 11.4 Å². The summed E-state index contributed by atoms with van der Waals surface area (Å²) in [6, 6.07) is 11.1. The lowest BCUT2D eigenvalue weighted by molar-refractivity contribution is 0.103. The molecule has 3 heterocycles. The van der Waals surface area contributed by atoms with E-state index in [1.165, 1.54) is 24.4 Å². The molecule has 0 amide bonds. The molecule has 4 aromatic rings. The summed E-state index contributed by atoms with van der Waals surface area (Å²) < 4.78 is 15.0. The number of hydrogen-bond donors (Lipinski definition) is 0. The lowest BCUT2D eigenvalue weighted by Crippen LogP contribution is -2.03. The average molecular weight is 318 g/mol. The van der Waals surface area contributed by atoms with Crippen LogP contribution in [0.1, 0.15) is 15.9 Å². The third-order valence-electron chi connectivity index (χ3n) is 3.71. The quantitative estimate of drug-likeness (QED) is 0.544. The summed E-state index contributed by atoms with van der Waals surface area (Å²) >= 11 is 0. The Morgan fingerprint density at radius 2 is 1.88 bits per heavy atom. The summed E-state index contributed by atoms with van der Waals surface area (Å²) in [5.74, 6) is -0.772. The molecule has 6 heteroatoms. The summed E-state index contributed by atoms with van der Waals surface area (Å²) in [5, 5.41) is 4.28. The van der Waals surface area contributed by atoms with Gasteiger partial charge in [-0.25, -0.2) is 13.9 Å². The van der Waals surface area contributed by atoms with Crippen molar-refractivity contribution in [3.63, 3.8) is 0 Å². The fourth-order valence-corrected chi connectivity index (χ4v) is 2.58. The minimum absolute atomic E-state index is 0.265. The molecule has 0 fully saturated rings. The van der Waals surface area contributed by atoms with E-state index >= 15 is 0 Å². The first-order valence-electron chi connectivity index (χ1n) is 7.27. The molecule has 116 valence electrons. The van der Waals surface area contributed by atoms with Crippen LogP contribution < -0.4 is 0 Å². The van der Waals surface area contributed by atoms with Gasteiger partial charge in [0, 0.05) is 29.7 Å². The van der Waals surface area contributed by atoms with Crippen molar-refractivity contribution in [1.29, 1.82) is 0 Å². The highest BCUT2D eigenvalue weighted by atomic mass is 19.1. The lowest BCUT2D eigenvalue weighted by Gasteiger charge is -2.04. The van der Waals surface area contributed by atoms with Gasteiger partial charge in [-0.15, -0.1) is 0 Å². The molecule has 0 spiro atoms. The number of halogens is 1. The predicted molar refractivity (Wildman–Crippen MR) is 86.1 cm³/mol. The maximum atomic E-state index is 13.4.